The monoisotopic (exact) mass is 500 g/mol. The number of sulfone groups is 1. The number of hydrogen-bond acceptors (Lipinski definition) is 5. The van der Waals surface area contributed by atoms with Gasteiger partial charge < -0.3 is 10.8 Å². The second-order valence-corrected chi connectivity index (χ2v) is 9.48. The van der Waals surface area contributed by atoms with Crippen molar-refractivity contribution < 1.29 is 49.1 Å². The summed E-state index contributed by atoms with van der Waals surface area (Å²) in [5.74, 6) is -3.27. The predicted molar refractivity (Wildman–Crippen MR) is 98.8 cm³/mol. The molecule has 14 heteroatoms. The zero-order chi connectivity index (χ0) is 25.2. The molecule has 6 nitrogen and oxygen atoms in total. The first-order valence-corrected chi connectivity index (χ1v) is 10.8. The molecule has 0 saturated heterocycles. The lowest BCUT2D eigenvalue weighted by Gasteiger charge is -2.34. The number of rotatable bonds is 4. The molecule has 2 aromatic carbocycles. The van der Waals surface area contributed by atoms with Crippen LogP contribution in [0.3, 0.4) is 0 Å². The van der Waals surface area contributed by atoms with E-state index in [1.807, 2.05) is 0 Å². The average molecular weight is 500 g/mol. The van der Waals surface area contributed by atoms with Gasteiger partial charge in [0.15, 0.2) is 9.84 Å². The van der Waals surface area contributed by atoms with Crippen molar-refractivity contribution in [3.63, 3.8) is 0 Å². The van der Waals surface area contributed by atoms with Gasteiger partial charge in [-0.2, -0.15) is 26.3 Å². The van der Waals surface area contributed by atoms with Crippen LogP contribution in [0.25, 0.3) is 0 Å². The fraction of sp³-hybridized carbons (Fsp3) is 0.316. The van der Waals surface area contributed by atoms with Crippen molar-refractivity contribution in [3.05, 3.63) is 64.5 Å². The van der Waals surface area contributed by atoms with E-state index in [1.54, 1.807) is 0 Å². The maximum Gasteiger partial charge on any atom is 0.430 e. The van der Waals surface area contributed by atoms with Gasteiger partial charge in [-0.3, -0.25) is 10.1 Å². The summed E-state index contributed by atoms with van der Waals surface area (Å²) in [6.07, 6.45) is -11.7. The SMILES string of the molecule is CS(=O)(=O)c1ccc2c(c1)CNC2(C(N)=O)c1ccc(C(O)(C(F)(F)F)C(F)(F)F)c(F)c1. The molecule has 1 aliphatic heterocycles. The normalized spacial score (nSPS) is 19.4. The minimum absolute atomic E-state index is 0.0384. The molecule has 33 heavy (non-hydrogen) atoms. The number of aliphatic hydroxyl groups is 1. The van der Waals surface area contributed by atoms with Crippen molar-refractivity contribution in [2.75, 3.05) is 6.26 Å². The van der Waals surface area contributed by atoms with Crippen LogP contribution in [-0.4, -0.2) is 38.0 Å². The highest BCUT2D eigenvalue weighted by molar-refractivity contribution is 7.90. The number of carbonyl (C=O) groups excluding carboxylic acids is 1. The molecule has 180 valence electrons. The molecule has 0 radical (unpaired) electrons. The standard InChI is InChI=1S/C19H15F7N2O4S/c1-33(31,32)11-3-5-12-9(6-11)8-28-16(12,15(27)29)10-2-4-13(14(20)7-10)17(30,18(21,22)23)19(24,25)26/h2-7,28,30H,8H2,1H3,(H2,27,29). The van der Waals surface area contributed by atoms with E-state index in [1.165, 1.54) is 12.1 Å². The van der Waals surface area contributed by atoms with E-state index >= 15 is 0 Å². The molecular weight excluding hydrogens is 485 g/mol. The first-order chi connectivity index (χ1) is 14.9. The molecule has 0 aromatic heterocycles. The summed E-state index contributed by atoms with van der Waals surface area (Å²) < 4.78 is 117. The lowest BCUT2D eigenvalue weighted by atomic mass is 9.81. The van der Waals surface area contributed by atoms with Crippen LogP contribution < -0.4 is 11.1 Å². The van der Waals surface area contributed by atoms with Crippen LogP contribution in [0.1, 0.15) is 22.3 Å². The minimum atomic E-state index is -6.31. The third-order valence-electron chi connectivity index (χ3n) is 5.43. The van der Waals surface area contributed by atoms with Crippen LogP contribution in [-0.2, 0) is 32.3 Å². The van der Waals surface area contributed by atoms with Crippen molar-refractivity contribution in [2.24, 2.45) is 5.73 Å². The number of fused-ring (bicyclic) bond motifs is 1. The van der Waals surface area contributed by atoms with Crippen LogP contribution in [0.4, 0.5) is 30.7 Å². The Morgan fingerprint density at radius 3 is 2.09 bits per heavy atom. The maximum atomic E-state index is 14.7. The van der Waals surface area contributed by atoms with E-state index in [9.17, 15) is 49.1 Å². The lowest BCUT2D eigenvalue weighted by molar-refractivity contribution is -0.377. The number of benzene rings is 2. The van der Waals surface area contributed by atoms with Crippen molar-refractivity contribution >= 4 is 15.7 Å². The van der Waals surface area contributed by atoms with Crippen LogP contribution in [0.2, 0.25) is 0 Å². The fourth-order valence-corrected chi connectivity index (χ4v) is 4.43. The average Bonchev–Trinajstić information content (AvgIpc) is 3.05. The highest BCUT2D eigenvalue weighted by Gasteiger charge is 2.72. The Morgan fingerprint density at radius 1 is 1.06 bits per heavy atom. The van der Waals surface area contributed by atoms with Crippen LogP contribution in [0.5, 0.6) is 0 Å². The first kappa shape index (κ1) is 24.9. The second kappa shape index (κ2) is 7.40. The molecule has 4 N–H and O–H groups in total. The summed E-state index contributed by atoms with van der Waals surface area (Å²) in [5.41, 5.74) is -4.41. The van der Waals surface area contributed by atoms with Crippen LogP contribution in [0.15, 0.2) is 41.3 Å². The Morgan fingerprint density at radius 2 is 1.64 bits per heavy atom. The number of hydrogen-bond donors (Lipinski definition) is 3. The van der Waals surface area contributed by atoms with Crippen LogP contribution in [0, 0.1) is 5.82 Å². The van der Waals surface area contributed by atoms with Gasteiger partial charge in [0.25, 0.3) is 5.60 Å². The van der Waals surface area contributed by atoms with E-state index in [0.29, 0.717) is 6.07 Å². The van der Waals surface area contributed by atoms with E-state index in [0.717, 1.165) is 12.3 Å². The van der Waals surface area contributed by atoms with Gasteiger partial charge in [-0.1, -0.05) is 18.2 Å². The Hall–Kier alpha value is -2.71. The highest BCUT2D eigenvalue weighted by Crippen LogP contribution is 2.51. The molecule has 1 unspecified atom stereocenters. The van der Waals surface area contributed by atoms with Crippen molar-refractivity contribution in [1.29, 1.82) is 0 Å². The largest absolute Gasteiger partial charge is 0.430 e. The lowest BCUT2D eigenvalue weighted by Crippen LogP contribution is -2.54. The van der Waals surface area contributed by atoms with E-state index in [-0.39, 0.29) is 34.7 Å². The molecule has 0 saturated carbocycles. The number of carbonyl (C=O) groups is 1. The van der Waals surface area contributed by atoms with Gasteiger partial charge in [0.2, 0.25) is 5.91 Å². The van der Waals surface area contributed by atoms with Gasteiger partial charge in [0, 0.05) is 18.4 Å². The molecule has 3 rings (SSSR count). The number of nitrogens with one attached hydrogen (secondary N) is 1. The summed E-state index contributed by atoms with van der Waals surface area (Å²) >= 11 is 0. The Balaban J connectivity index is 2.22. The van der Waals surface area contributed by atoms with Gasteiger partial charge >= 0.3 is 12.4 Å². The molecule has 2 aromatic rings. The zero-order valence-corrected chi connectivity index (χ0v) is 17.3. The number of primary amides is 1. The molecular formula is C19H15F7N2O4S. The Labute approximate surface area is 182 Å². The van der Waals surface area contributed by atoms with E-state index < -0.39 is 56.2 Å². The molecule has 0 fully saturated rings. The Kier molecular flexibility index (Phi) is 5.59. The molecule has 0 bridgehead atoms. The molecule has 1 amide bonds. The molecule has 0 spiro atoms. The van der Waals surface area contributed by atoms with E-state index in [4.69, 9.17) is 5.73 Å². The van der Waals surface area contributed by atoms with E-state index in [2.05, 4.69) is 5.32 Å². The number of nitrogens with two attached hydrogens (primary N) is 1. The quantitative estimate of drug-likeness (QED) is 0.559. The summed E-state index contributed by atoms with van der Waals surface area (Å²) in [6, 6.07) is 4.41. The fourth-order valence-electron chi connectivity index (χ4n) is 3.76. The van der Waals surface area contributed by atoms with Gasteiger partial charge in [0.05, 0.1) is 4.90 Å². The maximum absolute atomic E-state index is 14.7. The van der Waals surface area contributed by atoms with Gasteiger partial charge in [0.1, 0.15) is 11.4 Å². The minimum Gasteiger partial charge on any atom is -0.369 e. The van der Waals surface area contributed by atoms with Crippen molar-refractivity contribution in [3.8, 4) is 0 Å². The summed E-state index contributed by atoms with van der Waals surface area (Å²) in [4.78, 5) is 12.3. The first-order valence-electron chi connectivity index (χ1n) is 8.92. The predicted octanol–water partition coefficient (Wildman–Crippen LogP) is 2.37. The van der Waals surface area contributed by atoms with Gasteiger partial charge in [-0.25, -0.2) is 12.8 Å². The van der Waals surface area contributed by atoms with Crippen LogP contribution >= 0.6 is 0 Å². The topological polar surface area (TPSA) is 109 Å². The third kappa shape index (κ3) is 3.65. The summed E-state index contributed by atoms with van der Waals surface area (Å²) in [6.45, 7) is -0.167. The van der Waals surface area contributed by atoms with Gasteiger partial charge in [-0.15, -0.1) is 0 Å². The molecule has 0 aliphatic carbocycles. The number of amides is 1. The number of halogens is 7. The van der Waals surface area contributed by atoms with Crippen molar-refractivity contribution in [2.45, 2.75) is 34.9 Å². The highest BCUT2D eigenvalue weighted by atomic mass is 32.2. The zero-order valence-electron chi connectivity index (χ0n) is 16.5. The van der Waals surface area contributed by atoms with Crippen molar-refractivity contribution in [1.82, 2.24) is 5.32 Å². The number of alkyl halides is 6. The summed E-state index contributed by atoms with van der Waals surface area (Å²) in [5, 5.41) is 12.1. The summed E-state index contributed by atoms with van der Waals surface area (Å²) in [7, 11) is -3.65. The third-order valence-corrected chi connectivity index (χ3v) is 6.55. The Bertz CT molecular complexity index is 1230. The molecule has 1 atom stereocenters. The molecule has 1 aliphatic rings. The smallest absolute Gasteiger partial charge is 0.369 e. The molecule has 1 heterocycles. The second-order valence-electron chi connectivity index (χ2n) is 7.46. The van der Waals surface area contributed by atoms with Gasteiger partial charge in [-0.05, 0) is 34.9 Å².